The number of rotatable bonds is 5. The highest BCUT2D eigenvalue weighted by Gasteiger charge is 2.03. The Hall–Kier alpha value is -1.71. The SMILES string of the molecule is CNC(=O)CCNc1ccccc1N(C)C. The lowest BCUT2D eigenvalue weighted by molar-refractivity contribution is -0.120. The molecule has 0 spiro atoms. The zero-order valence-electron chi connectivity index (χ0n) is 10.1. The maximum Gasteiger partial charge on any atom is 0.221 e. The molecule has 2 N–H and O–H groups in total. The van der Waals surface area contributed by atoms with Crippen LogP contribution in [-0.4, -0.2) is 33.6 Å². The van der Waals surface area contributed by atoms with Crippen molar-refractivity contribution in [3.8, 4) is 0 Å². The second-order valence-electron chi connectivity index (χ2n) is 3.76. The summed E-state index contributed by atoms with van der Waals surface area (Å²) in [6.07, 6.45) is 0.484. The number of carbonyl (C=O) groups is 1. The first kappa shape index (κ1) is 12.4. The van der Waals surface area contributed by atoms with E-state index in [1.165, 1.54) is 0 Å². The minimum Gasteiger partial charge on any atom is -0.383 e. The first-order chi connectivity index (χ1) is 7.65. The Bertz CT molecular complexity index is 350. The van der Waals surface area contributed by atoms with Crippen molar-refractivity contribution in [3.63, 3.8) is 0 Å². The summed E-state index contributed by atoms with van der Waals surface area (Å²) in [5.41, 5.74) is 2.18. The molecule has 0 unspecified atom stereocenters. The summed E-state index contributed by atoms with van der Waals surface area (Å²) in [5, 5.41) is 5.86. The highest BCUT2D eigenvalue weighted by atomic mass is 16.1. The molecule has 1 amide bonds. The number of para-hydroxylation sites is 2. The lowest BCUT2D eigenvalue weighted by Gasteiger charge is -2.18. The molecule has 1 aromatic carbocycles. The number of hydrogen-bond acceptors (Lipinski definition) is 3. The summed E-state index contributed by atoms with van der Waals surface area (Å²) >= 11 is 0. The topological polar surface area (TPSA) is 44.4 Å². The molecule has 16 heavy (non-hydrogen) atoms. The minimum absolute atomic E-state index is 0.0508. The van der Waals surface area contributed by atoms with Crippen molar-refractivity contribution in [2.75, 3.05) is 37.9 Å². The molecule has 0 aliphatic heterocycles. The van der Waals surface area contributed by atoms with E-state index in [0.29, 0.717) is 13.0 Å². The molecule has 1 rings (SSSR count). The summed E-state index contributed by atoms with van der Waals surface area (Å²) in [7, 11) is 5.65. The number of nitrogens with one attached hydrogen (secondary N) is 2. The van der Waals surface area contributed by atoms with Gasteiger partial charge in [0.2, 0.25) is 5.91 Å². The molecule has 0 bridgehead atoms. The zero-order valence-corrected chi connectivity index (χ0v) is 10.1. The van der Waals surface area contributed by atoms with Gasteiger partial charge in [-0.3, -0.25) is 4.79 Å². The normalized spacial score (nSPS) is 9.69. The average molecular weight is 221 g/mol. The second kappa shape index (κ2) is 6.00. The van der Waals surface area contributed by atoms with Crippen LogP contribution in [0, 0.1) is 0 Å². The molecular weight excluding hydrogens is 202 g/mol. The first-order valence-corrected chi connectivity index (χ1v) is 5.36. The number of nitrogens with zero attached hydrogens (tertiary/aromatic N) is 1. The third-order valence-corrected chi connectivity index (χ3v) is 2.33. The van der Waals surface area contributed by atoms with Crippen LogP contribution in [0.4, 0.5) is 11.4 Å². The monoisotopic (exact) mass is 221 g/mol. The van der Waals surface area contributed by atoms with Crippen LogP contribution >= 0.6 is 0 Å². The number of amides is 1. The van der Waals surface area contributed by atoms with Crippen molar-refractivity contribution in [1.29, 1.82) is 0 Å². The number of carbonyl (C=O) groups excluding carboxylic acids is 1. The predicted molar refractivity (Wildman–Crippen MR) is 67.9 cm³/mol. The van der Waals surface area contributed by atoms with Gasteiger partial charge in [-0.05, 0) is 12.1 Å². The Labute approximate surface area is 96.6 Å². The molecule has 0 radical (unpaired) electrons. The van der Waals surface area contributed by atoms with Gasteiger partial charge in [0.15, 0.2) is 0 Å². The summed E-state index contributed by atoms with van der Waals surface area (Å²) in [6, 6.07) is 8.04. The Morgan fingerprint density at radius 3 is 2.62 bits per heavy atom. The van der Waals surface area contributed by atoms with Crippen LogP contribution in [0.5, 0.6) is 0 Å². The molecule has 0 atom stereocenters. The lowest BCUT2D eigenvalue weighted by atomic mass is 10.2. The van der Waals surface area contributed by atoms with E-state index < -0.39 is 0 Å². The number of benzene rings is 1. The molecule has 0 saturated carbocycles. The highest BCUT2D eigenvalue weighted by Crippen LogP contribution is 2.22. The van der Waals surface area contributed by atoms with Gasteiger partial charge in [-0.25, -0.2) is 0 Å². The maximum atomic E-state index is 11.1. The molecule has 88 valence electrons. The molecule has 1 aromatic rings. The van der Waals surface area contributed by atoms with Crippen molar-refractivity contribution >= 4 is 17.3 Å². The quantitative estimate of drug-likeness (QED) is 0.787. The van der Waals surface area contributed by atoms with E-state index in [9.17, 15) is 4.79 Å². The Morgan fingerprint density at radius 1 is 1.31 bits per heavy atom. The van der Waals surface area contributed by atoms with Crippen molar-refractivity contribution in [2.45, 2.75) is 6.42 Å². The van der Waals surface area contributed by atoms with E-state index in [1.807, 2.05) is 43.3 Å². The summed E-state index contributed by atoms with van der Waals surface area (Å²) in [5.74, 6) is 0.0508. The van der Waals surface area contributed by atoms with Gasteiger partial charge in [0.1, 0.15) is 0 Å². The molecule has 0 fully saturated rings. The number of hydrogen-bond donors (Lipinski definition) is 2. The van der Waals surface area contributed by atoms with Gasteiger partial charge in [0.25, 0.3) is 0 Å². The fraction of sp³-hybridized carbons (Fsp3) is 0.417. The molecule has 0 aromatic heterocycles. The van der Waals surface area contributed by atoms with Gasteiger partial charge >= 0.3 is 0 Å². The van der Waals surface area contributed by atoms with E-state index in [-0.39, 0.29) is 5.91 Å². The fourth-order valence-corrected chi connectivity index (χ4v) is 1.45. The molecule has 0 aliphatic rings. The van der Waals surface area contributed by atoms with Gasteiger partial charge in [-0.1, -0.05) is 12.1 Å². The van der Waals surface area contributed by atoms with Crippen molar-refractivity contribution in [3.05, 3.63) is 24.3 Å². The molecule has 0 aliphatic carbocycles. The molecule has 4 nitrogen and oxygen atoms in total. The van der Waals surface area contributed by atoms with Crippen LogP contribution in [0.1, 0.15) is 6.42 Å². The van der Waals surface area contributed by atoms with E-state index >= 15 is 0 Å². The van der Waals surface area contributed by atoms with Crippen LogP contribution in [0.3, 0.4) is 0 Å². The molecule has 4 heteroatoms. The van der Waals surface area contributed by atoms with Crippen LogP contribution in [0.2, 0.25) is 0 Å². The van der Waals surface area contributed by atoms with Crippen molar-refractivity contribution < 1.29 is 4.79 Å². The highest BCUT2D eigenvalue weighted by molar-refractivity contribution is 5.76. The van der Waals surface area contributed by atoms with Gasteiger partial charge in [0, 0.05) is 34.1 Å². The predicted octanol–water partition coefficient (Wildman–Crippen LogP) is 1.30. The molecular formula is C12H19N3O. The van der Waals surface area contributed by atoms with Gasteiger partial charge < -0.3 is 15.5 Å². The number of anilines is 2. The average Bonchev–Trinajstić information content (AvgIpc) is 2.29. The Kier molecular flexibility index (Phi) is 4.64. The second-order valence-corrected chi connectivity index (χ2v) is 3.76. The van der Waals surface area contributed by atoms with Crippen LogP contribution < -0.4 is 15.5 Å². The Balaban J connectivity index is 2.56. The van der Waals surface area contributed by atoms with Gasteiger partial charge in [-0.15, -0.1) is 0 Å². The van der Waals surface area contributed by atoms with E-state index in [2.05, 4.69) is 10.6 Å². The van der Waals surface area contributed by atoms with Crippen LogP contribution in [0.15, 0.2) is 24.3 Å². The third kappa shape index (κ3) is 3.46. The third-order valence-electron chi connectivity index (χ3n) is 2.33. The lowest BCUT2D eigenvalue weighted by Crippen LogP contribution is -2.21. The van der Waals surface area contributed by atoms with E-state index in [0.717, 1.165) is 11.4 Å². The summed E-state index contributed by atoms with van der Waals surface area (Å²) < 4.78 is 0. The van der Waals surface area contributed by atoms with E-state index in [1.54, 1.807) is 7.05 Å². The summed E-state index contributed by atoms with van der Waals surface area (Å²) in [4.78, 5) is 13.1. The first-order valence-electron chi connectivity index (χ1n) is 5.36. The standard InChI is InChI=1S/C12H19N3O/c1-13-12(16)8-9-14-10-6-4-5-7-11(10)15(2)3/h4-7,14H,8-9H2,1-3H3,(H,13,16). The molecule has 0 saturated heterocycles. The maximum absolute atomic E-state index is 11.1. The summed E-state index contributed by atoms with van der Waals surface area (Å²) in [6.45, 7) is 0.643. The minimum atomic E-state index is 0.0508. The van der Waals surface area contributed by atoms with Crippen LogP contribution in [0.25, 0.3) is 0 Å². The fourth-order valence-electron chi connectivity index (χ4n) is 1.45. The Morgan fingerprint density at radius 2 is 2.00 bits per heavy atom. The van der Waals surface area contributed by atoms with Gasteiger partial charge in [0.05, 0.1) is 11.4 Å². The largest absolute Gasteiger partial charge is 0.383 e. The van der Waals surface area contributed by atoms with Crippen molar-refractivity contribution in [2.24, 2.45) is 0 Å². The smallest absolute Gasteiger partial charge is 0.221 e. The zero-order chi connectivity index (χ0) is 12.0. The van der Waals surface area contributed by atoms with Crippen LogP contribution in [-0.2, 0) is 4.79 Å². The van der Waals surface area contributed by atoms with Gasteiger partial charge in [-0.2, -0.15) is 0 Å². The van der Waals surface area contributed by atoms with Crippen molar-refractivity contribution in [1.82, 2.24) is 5.32 Å². The van der Waals surface area contributed by atoms with E-state index in [4.69, 9.17) is 0 Å². The molecule has 0 heterocycles.